The van der Waals surface area contributed by atoms with Crippen molar-refractivity contribution in [3.63, 3.8) is 0 Å². The van der Waals surface area contributed by atoms with E-state index in [9.17, 15) is 5.11 Å². The zero-order valence-corrected chi connectivity index (χ0v) is 13.7. The third-order valence-electron chi connectivity index (χ3n) is 4.57. The molecule has 0 saturated heterocycles. The summed E-state index contributed by atoms with van der Waals surface area (Å²) in [6.07, 6.45) is 7.64. The number of hydrogen-bond donors (Lipinski definition) is 2. The SMILES string of the molecule is OCC1(NCc2ccc(Br)c3cccnc23)CCCCC1. The van der Waals surface area contributed by atoms with E-state index in [1.54, 1.807) is 0 Å². The summed E-state index contributed by atoms with van der Waals surface area (Å²) in [4.78, 5) is 4.52. The summed E-state index contributed by atoms with van der Waals surface area (Å²) in [6, 6.07) is 8.23. The Bertz CT molecular complexity index is 623. The number of nitrogens with zero attached hydrogens (tertiary/aromatic N) is 1. The quantitative estimate of drug-likeness (QED) is 0.883. The average Bonchev–Trinajstić information content (AvgIpc) is 2.55. The van der Waals surface area contributed by atoms with E-state index in [-0.39, 0.29) is 12.1 Å². The number of aliphatic hydroxyl groups is 1. The van der Waals surface area contributed by atoms with Crippen LogP contribution in [0.1, 0.15) is 37.7 Å². The van der Waals surface area contributed by atoms with Crippen molar-refractivity contribution >= 4 is 26.8 Å². The number of halogens is 1. The third-order valence-corrected chi connectivity index (χ3v) is 5.26. The van der Waals surface area contributed by atoms with E-state index in [0.717, 1.165) is 34.8 Å². The van der Waals surface area contributed by atoms with Crippen molar-refractivity contribution in [1.29, 1.82) is 0 Å². The second kappa shape index (κ2) is 6.42. The lowest BCUT2D eigenvalue weighted by Gasteiger charge is -2.36. The van der Waals surface area contributed by atoms with Gasteiger partial charge in [0.15, 0.2) is 0 Å². The molecule has 1 aromatic carbocycles. The molecule has 0 aliphatic heterocycles. The second-order valence-electron chi connectivity index (χ2n) is 5.96. The number of hydrogen-bond acceptors (Lipinski definition) is 3. The molecule has 112 valence electrons. The van der Waals surface area contributed by atoms with Crippen molar-refractivity contribution in [2.45, 2.75) is 44.2 Å². The molecule has 1 aromatic heterocycles. The molecule has 0 unspecified atom stereocenters. The van der Waals surface area contributed by atoms with Crippen molar-refractivity contribution in [2.24, 2.45) is 0 Å². The molecule has 4 heteroatoms. The van der Waals surface area contributed by atoms with Crippen LogP contribution in [0.3, 0.4) is 0 Å². The molecule has 0 radical (unpaired) electrons. The van der Waals surface area contributed by atoms with E-state index in [1.807, 2.05) is 12.3 Å². The van der Waals surface area contributed by atoms with Crippen LogP contribution in [0.4, 0.5) is 0 Å². The fourth-order valence-corrected chi connectivity index (χ4v) is 3.69. The van der Waals surface area contributed by atoms with Gasteiger partial charge in [0.05, 0.1) is 12.1 Å². The fraction of sp³-hybridized carbons (Fsp3) is 0.471. The molecule has 1 heterocycles. The first-order chi connectivity index (χ1) is 10.2. The largest absolute Gasteiger partial charge is 0.394 e. The van der Waals surface area contributed by atoms with Crippen molar-refractivity contribution in [3.8, 4) is 0 Å². The Morgan fingerprint density at radius 1 is 1.19 bits per heavy atom. The van der Waals surface area contributed by atoms with E-state index in [0.29, 0.717) is 0 Å². The predicted molar refractivity (Wildman–Crippen MR) is 89.2 cm³/mol. The first-order valence-corrected chi connectivity index (χ1v) is 8.41. The molecule has 1 saturated carbocycles. The summed E-state index contributed by atoms with van der Waals surface area (Å²) < 4.78 is 1.07. The van der Waals surface area contributed by atoms with Gasteiger partial charge in [0.2, 0.25) is 0 Å². The van der Waals surface area contributed by atoms with Crippen LogP contribution >= 0.6 is 15.9 Å². The Kier molecular flexibility index (Phi) is 4.57. The molecule has 1 aliphatic rings. The number of aliphatic hydroxyl groups excluding tert-OH is 1. The smallest absolute Gasteiger partial charge is 0.0758 e. The molecular weight excluding hydrogens is 328 g/mol. The van der Waals surface area contributed by atoms with Gasteiger partial charge in [-0.25, -0.2) is 0 Å². The first kappa shape index (κ1) is 14.9. The summed E-state index contributed by atoms with van der Waals surface area (Å²) in [6.45, 7) is 0.968. The monoisotopic (exact) mass is 348 g/mol. The van der Waals surface area contributed by atoms with Crippen LogP contribution in [0.25, 0.3) is 10.9 Å². The highest BCUT2D eigenvalue weighted by molar-refractivity contribution is 9.10. The fourth-order valence-electron chi connectivity index (χ4n) is 3.24. The van der Waals surface area contributed by atoms with E-state index in [1.165, 1.54) is 24.8 Å². The van der Waals surface area contributed by atoms with E-state index >= 15 is 0 Å². The van der Waals surface area contributed by atoms with Gasteiger partial charge in [-0.3, -0.25) is 4.98 Å². The zero-order chi connectivity index (χ0) is 14.7. The van der Waals surface area contributed by atoms with Crippen LogP contribution in [-0.2, 0) is 6.54 Å². The van der Waals surface area contributed by atoms with Crippen molar-refractivity contribution in [1.82, 2.24) is 10.3 Å². The molecule has 1 fully saturated rings. The summed E-state index contributed by atoms with van der Waals surface area (Å²) in [5.41, 5.74) is 2.11. The summed E-state index contributed by atoms with van der Waals surface area (Å²) in [7, 11) is 0. The van der Waals surface area contributed by atoms with Crippen molar-refractivity contribution < 1.29 is 5.11 Å². The predicted octanol–water partition coefficient (Wildman–Crippen LogP) is 3.78. The summed E-state index contributed by atoms with van der Waals surface area (Å²) in [5.74, 6) is 0. The molecule has 2 N–H and O–H groups in total. The van der Waals surface area contributed by atoms with Crippen LogP contribution in [0.5, 0.6) is 0 Å². The van der Waals surface area contributed by atoms with Gasteiger partial charge in [-0.05, 0) is 30.5 Å². The molecule has 0 bridgehead atoms. The van der Waals surface area contributed by atoms with Gasteiger partial charge in [0.25, 0.3) is 0 Å². The average molecular weight is 349 g/mol. The third kappa shape index (κ3) is 3.12. The lowest BCUT2D eigenvalue weighted by atomic mass is 9.82. The minimum Gasteiger partial charge on any atom is -0.394 e. The highest BCUT2D eigenvalue weighted by Crippen LogP contribution is 2.29. The van der Waals surface area contributed by atoms with Crippen LogP contribution in [0.2, 0.25) is 0 Å². The number of benzene rings is 1. The zero-order valence-electron chi connectivity index (χ0n) is 12.1. The summed E-state index contributed by atoms with van der Waals surface area (Å²) >= 11 is 3.58. The van der Waals surface area contributed by atoms with Gasteiger partial charge in [-0.2, -0.15) is 0 Å². The molecule has 0 spiro atoms. The molecule has 3 nitrogen and oxygen atoms in total. The number of pyridine rings is 1. The molecule has 1 aliphatic carbocycles. The lowest BCUT2D eigenvalue weighted by molar-refractivity contribution is 0.119. The minimum absolute atomic E-state index is 0.105. The maximum absolute atomic E-state index is 9.79. The normalized spacial score (nSPS) is 18.0. The van der Waals surface area contributed by atoms with Gasteiger partial charge in [-0.1, -0.05) is 47.3 Å². The number of nitrogens with one attached hydrogen (secondary N) is 1. The van der Waals surface area contributed by atoms with Gasteiger partial charge in [0.1, 0.15) is 0 Å². The van der Waals surface area contributed by atoms with Crippen LogP contribution in [-0.4, -0.2) is 22.2 Å². The molecular formula is C17H21BrN2O. The first-order valence-electron chi connectivity index (χ1n) is 7.62. The van der Waals surface area contributed by atoms with Gasteiger partial charge in [0, 0.05) is 28.1 Å². The maximum atomic E-state index is 9.79. The lowest BCUT2D eigenvalue weighted by Crippen LogP contribution is -2.49. The number of rotatable bonds is 4. The highest BCUT2D eigenvalue weighted by Gasteiger charge is 2.30. The van der Waals surface area contributed by atoms with E-state index < -0.39 is 0 Å². The standard InChI is InChI=1S/C17H21BrN2O/c18-15-7-6-13(16-14(15)5-4-10-19-16)11-20-17(12-21)8-2-1-3-9-17/h4-7,10,20-21H,1-3,8-9,11-12H2. The van der Waals surface area contributed by atoms with Crippen LogP contribution < -0.4 is 5.32 Å². The van der Waals surface area contributed by atoms with Gasteiger partial charge >= 0.3 is 0 Å². The van der Waals surface area contributed by atoms with Gasteiger partial charge < -0.3 is 10.4 Å². The minimum atomic E-state index is -0.105. The molecule has 2 aromatic rings. The molecule has 3 rings (SSSR count). The Hall–Kier alpha value is -0.970. The highest BCUT2D eigenvalue weighted by atomic mass is 79.9. The Morgan fingerprint density at radius 3 is 2.76 bits per heavy atom. The van der Waals surface area contributed by atoms with Crippen LogP contribution in [0.15, 0.2) is 34.9 Å². The van der Waals surface area contributed by atoms with E-state index in [4.69, 9.17) is 0 Å². The topological polar surface area (TPSA) is 45.1 Å². The van der Waals surface area contributed by atoms with E-state index in [2.05, 4.69) is 44.4 Å². The number of fused-ring (bicyclic) bond motifs is 1. The number of aromatic nitrogens is 1. The van der Waals surface area contributed by atoms with Crippen molar-refractivity contribution in [2.75, 3.05) is 6.61 Å². The maximum Gasteiger partial charge on any atom is 0.0758 e. The molecule has 0 amide bonds. The molecule has 21 heavy (non-hydrogen) atoms. The summed E-state index contributed by atoms with van der Waals surface area (Å²) in [5, 5.41) is 14.5. The Labute approximate surface area is 133 Å². The Balaban J connectivity index is 1.83. The van der Waals surface area contributed by atoms with Crippen LogP contribution in [0, 0.1) is 0 Å². The van der Waals surface area contributed by atoms with Gasteiger partial charge in [-0.15, -0.1) is 0 Å². The molecule has 0 atom stereocenters. The second-order valence-corrected chi connectivity index (χ2v) is 6.81. The Morgan fingerprint density at radius 2 is 2.00 bits per heavy atom. The van der Waals surface area contributed by atoms with Crippen molar-refractivity contribution in [3.05, 3.63) is 40.5 Å².